The fraction of sp³-hybridized carbons (Fsp3) is 0.222. The van der Waals surface area contributed by atoms with Crippen LogP contribution in [0.5, 0.6) is 0 Å². The van der Waals surface area contributed by atoms with E-state index in [4.69, 9.17) is 12.2 Å². The summed E-state index contributed by atoms with van der Waals surface area (Å²) in [5.74, 6) is 0.890. The van der Waals surface area contributed by atoms with E-state index in [0.29, 0.717) is 0 Å². The van der Waals surface area contributed by atoms with E-state index in [-0.39, 0.29) is 0 Å². The van der Waals surface area contributed by atoms with Gasteiger partial charge in [-0.25, -0.2) is 0 Å². The number of thiol groups is 1. The number of thiazole rings is 1. The van der Waals surface area contributed by atoms with E-state index >= 15 is 0 Å². The summed E-state index contributed by atoms with van der Waals surface area (Å²) in [4.78, 5) is 3.14. The first-order valence-electron chi connectivity index (χ1n) is 4.02. The lowest BCUT2D eigenvalue weighted by molar-refractivity contribution is 1.17. The second-order valence-electron chi connectivity index (χ2n) is 2.82. The van der Waals surface area contributed by atoms with Gasteiger partial charge < -0.3 is 4.98 Å². The summed E-state index contributed by atoms with van der Waals surface area (Å²) in [6.07, 6.45) is 1.02. The molecule has 68 valence electrons. The van der Waals surface area contributed by atoms with Crippen molar-refractivity contribution in [1.29, 1.82) is 0 Å². The van der Waals surface area contributed by atoms with E-state index in [0.717, 1.165) is 21.6 Å². The number of aryl methyl sites for hydroxylation is 1. The van der Waals surface area contributed by atoms with Crippen LogP contribution in [0, 0.1) is 3.95 Å². The number of aromatic nitrogens is 1. The SMILES string of the molecule is S=c1[nH]c2ccc(CCS)cc2s1. The Bertz CT molecular complexity index is 469. The summed E-state index contributed by atoms with van der Waals surface area (Å²) in [5, 5.41) is 0. The lowest BCUT2D eigenvalue weighted by Crippen LogP contribution is -1.84. The zero-order valence-corrected chi connectivity index (χ0v) is 9.44. The minimum Gasteiger partial charge on any atom is -0.337 e. The largest absolute Gasteiger partial charge is 0.337 e. The molecule has 13 heavy (non-hydrogen) atoms. The van der Waals surface area contributed by atoms with Gasteiger partial charge in [-0.3, -0.25) is 0 Å². The molecular weight excluding hydrogens is 218 g/mol. The molecule has 2 aromatic rings. The second-order valence-corrected chi connectivity index (χ2v) is 4.98. The van der Waals surface area contributed by atoms with Crippen molar-refractivity contribution < 1.29 is 0 Å². The molecule has 0 saturated carbocycles. The van der Waals surface area contributed by atoms with Gasteiger partial charge in [0.25, 0.3) is 0 Å². The fourth-order valence-electron chi connectivity index (χ4n) is 1.27. The monoisotopic (exact) mass is 227 g/mol. The minimum absolute atomic E-state index is 0.845. The van der Waals surface area contributed by atoms with E-state index in [9.17, 15) is 0 Å². The molecule has 0 radical (unpaired) electrons. The van der Waals surface area contributed by atoms with Crippen molar-refractivity contribution in [3.05, 3.63) is 27.7 Å². The van der Waals surface area contributed by atoms with Crippen molar-refractivity contribution in [2.24, 2.45) is 0 Å². The summed E-state index contributed by atoms with van der Waals surface area (Å²) < 4.78 is 2.09. The first-order valence-corrected chi connectivity index (χ1v) is 5.88. The van der Waals surface area contributed by atoms with Gasteiger partial charge in [0.1, 0.15) is 0 Å². The summed E-state index contributed by atoms with van der Waals surface area (Å²) in [6.45, 7) is 0. The predicted molar refractivity (Wildman–Crippen MR) is 64.6 cm³/mol. The highest BCUT2D eigenvalue weighted by atomic mass is 32.1. The Morgan fingerprint density at radius 3 is 3.08 bits per heavy atom. The summed E-state index contributed by atoms with van der Waals surface area (Å²) >= 11 is 10.9. The quantitative estimate of drug-likeness (QED) is 0.593. The van der Waals surface area contributed by atoms with Gasteiger partial charge in [-0.05, 0) is 42.1 Å². The first kappa shape index (κ1) is 9.24. The van der Waals surface area contributed by atoms with Gasteiger partial charge in [0.15, 0.2) is 3.95 Å². The average Bonchev–Trinajstić information content (AvgIpc) is 2.44. The molecule has 1 aromatic carbocycles. The van der Waals surface area contributed by atoms with Crippen molar-refractivity contribution in [1.82, 2.24) is 4.98 Å². The standard InChI is InChI=1S/C9H9NS3/c11-4-3-6-1-2-7-8(5-6)13-9(12)10-7/h1-2,5,11H,3-4H2,(H,10,12). The molecule has 0 aliphatic rings. The molecule has 0 amide bonds. The topological polar surface area (TPSA) is 15.8 Å². The normalized spacial score (nSPS) is 10.8. The maximum Gasteiger partial charge on any atom is 0.159 e. The highest BCUT2D eigenvalue weighted by Crippen LogP contribution is 2.20. The van der Waals surface area contributed by atoms with Gasteiger partial charge in [0.2, 0.25) is 0 Å². The van der Waals surface area contributed by atoms with Crippen molar-refractivity contribution in [2.75, 3.05) is 5.75 Å². The van der Waals surface area contributed by atoms with E-state index in [1.807, 2.05) is 0 Å². The highest BCUT2D eigenvalue weighted by Gasteiger charge is 1.98. The Morgan fingerprint density at radius 1 is 1.46 bits per heavy atom. The van der Waals surface area contributed by atoms with E-state index in [1.54, 1.807) is 11.3 Å². The van der Waals surface area contributed by atoms with Crippen LogP contribution in [-0.4, -0.2) is 10.7 Å². The van der Waals surface area contributed by atoms with Gasteiger partial charge >= 0.3 is 0 Å². The van der Waals surface area contributed by atoms with Crippen molar-refractivity contribution in [3.63, 3.8) is 0 Å². The van der Waals surface area contributed by atoms with Crippen LogP contribution in [-0.2, 0) is 6.42 Å². The lowest BCUT2D eigenvalue weighted by atomic mass is 10.2. The molecule has 0 spiro atoms. The zero-order chi connectivity index (χ0) is 9.26. The molecule has 0 bridgehead atoms. The third-order valence-corrected chi connectivity index (χ3v) is 3.31. The fourth-order valence-corrected chi connectivity index (χ4v) is 2.71. The molecule has 1 nitrogen and oxygen atoms in total. The Balaban J connectivity index is 2.54. The van der Waals surface area contributed by atoms with Crippen molar-refractivity contribution in [2.45, 2.75) is 6.42 Å². The molecule has 2 rings (SSSR count). The first-order chi connectivity index (χ1) is 6.29. The average molecular weight is 227 g/mol. The molecule has 1 heterocycles. The van der Waals surface area contributed by atoms with Crippen molar-refractivity contribution >= 4 is 46.4 Å². The Labute approximate surface area is 91.2 Å². The third kappa shape index (κ3) is 1.95. The van der Waals surface area contributed by atoms with E-state index < -0.39 is 0 Å². The number of hydrogen-bond acceptors (Lipinski definition) is 3. The molecule has 0 fully saturated rings. The lowest BCUT2D eigenvalue weighted by Gasteiger charge is -1.96. The smallest absolute Gasteiger partial charge is 0.159 e. The number of nitrogens with one attached hydrogen (secondary N) is 1. The summed E-state index contributed by atoms with van der Waals surface area (Å²) in [6, 6.07) is 6.39. The van der Waals surface area contributed by atoms with Crippen LogP contribution < -0.4 is 0 Å². The zero-order valence-electron chi connectivity index (χ0n) is 6.91. The highest BCUT2D eigenvalue weighted by molar-refractivity contribution is 7.80. The maximum absolute atomic E-state index is 5.07. The molecule has 0 atom stereocenters. The number of H-pyrrole nitrogens is 1. The van der Waals surface area contributed by atoms with Crippen LogP contribution in [0.3, 0.4) is 0 Å². The number of aromatic amines is 1. The molecule has 0 aliphatic carbocycles. The molecule has 0 unspecified atom stereocenters. The Kier molecular flexibility index (Phi) is 2.71. The minimum atomic E-state index is 0.845. The van der Waals surface area contributed by atoms with E-state index in [1.165, 1.54) is 10.3 Å². The van der Waals surface area contributed by atoms with Crippen LogP contribution in [0.25, 0.3) is 10.2 Å². The van der Waals surface area contributed by atoms with E-state index in [2.05, 4.69) is 35.8 Å². The second kappa shape index (κ2) is 3.82. The molecule has 1 N–H and O–H groups in total. The molecule has 0 saturated heterocycles. The van der Waals surface area contributed by atoms with Gasteiger partial charge in [-0.2, -0.15) is 12.6 Å². The van der Waals surface area contributed by atoms with Gasteiger partial charge in [-0.1, -0.05) is 6.07 Å². The van der Waals surface area contributed by atoms with Crippen LogP contribution in [0.1, 0.15) is 5.56 Å². The molecular formula is C9H9NS3. The molecule has 1 aromatic heterocycles. The number of benzene rings is 1. The third-order valence-electron chi connectivity index (χ3n) is 1.89. The van der Waals surface area contributed by atoms with Gasteiger partial charge in [0, 0.05) is 0 Å². The van der Waals surface area contributed by atoms with Crippen LogP contribution in [0.2, 0.25) is 0 Å². The summed E-state index contributed by atoms with van der Waals surface area (Å²) in [7, 11) is 0. The molecule has 0 aliphatic heterocycles. The van der Waals surface area contributed by atoms with Crippen LogP contribution in [0.4, 0.5) is 0 Å². The number of rotatable bonds is 2. The van der Waals surface area contributed by atoms with Crippen molar-refractivity contribution in [3.8, 4) is 0 Å². The Hall–Kier alpha value is -0.320. The molecule has 4 heteroatoms. The van der Waals surface area contributed by atoms with Crippen LogP contribution >= 0.6 is 36.2 Å². The summed E-state index contributed by atoms with van der Waals surface area (Å²) in [5.41, 5.74) is 2.46. The predicted octanol–water partition coefficient (Wildman–Crippen LogP) is 3.43. The maximum atomic E-state index is 5.07. The number of hydrogen-bond donors (Lipinski definition) is 2. The van der Waals surface area contributed by atoms with Gasteiger partial charge in [-0.15, -0.1) is 11.3 Å². The van der Waals surface area contributed by atoms with Gasteiger partial charge in [0.05, 0.1) is 10.2 Å². The Morgan fingerprint density at radius 2 is 2.31 bits per heavy atom. The number of fused-ring (bicyclic) bond motifs is 1. The van der Waals surface area contributed by atoms with Crippen LogP contribution in [0.15, 0.2) is 18.2 Å².